The highest BCUT2D eigenvalue weighted by atomic mass is 16.5. The van der Waals surface area contributed by atoms with Crippen molar-refractivity contribution in [3.8, 4) is 11.5 Å². The Morgan fingerprint density at radius 3 is 2.59 bits per heavy atom. The molecule has 0 saturated heterocycles. The first-order valence-corrected chi connectivity index (χ1v) is 5.50. The number of Topliss-reactive ketones (excluding diaryl/α,β-unsaturated/α-hetero) is 1. The van der Waals surface area contributed by atoms with Gasteiger partial charge in [-0.1, -0.05) is 5.57 Å². The molecule has 0 aromatic heterocycles. The molecule has 0 unspecified atom stereocenters. The van der Waals surface area contributed by atoms with Gasteiger partial charge in [0.15, 0.2) is 5.78 Å². The highest BCUT2D eigenvalue weighted by molar-refractivity contribution is 5.97. The van der Waals surface area contributed by atoms with Crippen molar-refractivity contribution in [1.29, 1.82) is 0 Å². The number of benzene rings is 1. The third kappa shape index (κ3) is 3.94. The maximum Gasteiger partial charge on any atom is 0.163 e. The Bertz CT molecular complexity index is 421. The first-order chi connectivity index (χ1) is 8.04. The molecule has 0 N–H and O–H groups in total. The molecule has 3 heteroatoms. The molecule has 0 spiro atoms. The number of rotatable bonds is 6. The fraction of sp³-hybridized carbons (Fsp3) is 0.357. The average Bonchev–Trinajstić information content (AvgIpc) is 2.28. The van der Waals surface area contributed by atoms with Gasteiger partial charge in [0.2, 0.25) is 0 Å². The molecule has 0 aliphatic rings. The van der Waals surface area contributed by atoms with Crippen LogP contribution in [-0.2, 0) is 0 Å². The van der Waals surface area contributed by atoms with E-state index in [0.717, 1.165) is 12.0 Å². The van der Waals surface area contributed by atoms with Gasteiger partial charge < -0.3 is 9.47 Å². The van der Waals surface area contributed by atoms with Gasteiger partial charge in [0.1, 0.15) is 11.5 Å². The maximum absolute atomic E-state index is 11.4. The average molecular weight is 234 g/mol. The molecule has 1 rings (SSSR count). The summed E-state index contributed by atoms with van der Waals surface area (Å²) in [6.45, 7) is 7.79. The van der Waals surface area contributed by atoms with E-state index in [9.17, 15) is 4.79 Å². The van der Waals surface area contributed by atoms with Crippen molar-refractivity contribution in [3.05, 3.63) is 35.9 Å². The summed E-state index contributed by atoms with van der Waals surface area (Å²) in [6.07, 6.45) is 0.772. The monoisotopic (exact) mass is 234 g/mol. The van der Waals surface area contributed by atoms with Gasteiger partial charge in [-0.05, 0) is 26.0 Å². The molecule has 17 heavy (non-hydrogen) atoms. The first-order valence-electron chi connectivity index (χ1n) is 5.50. The number of methoxy groups -OCH3 is 1. The van der Waals surface area contributed by atoms with E-state index in [4.69, 9.17) is 9.47 Å². The predicted molar refractivity (Wildman–Crippen MR) is 67.9 cm³/mol. The zero-order valence-corrected chi connectivity index (χ0v) is 10.6. The molecule has 92 valence electrons. The van der Waals surface area contributed by atoms with Crippen molar-refractivity contribution >= 4 is 5.78 Å². The summed E-state index contributed by atoms with van der Waals surface area (Å²) in [7, 11) is 1.58. The van der Waals surface area contributed by atoms with Gasteiger partial charge in [-0.2, -0.15) is 0 Å². The van der Waals surface area contributed by atoms with Crippen molar-refractivity contribution in [1.82, 2.24) is 0 Å². The van der Waals surface area contributed by atoms with Gasteiger partial charge in [0, 0.05) is 12.5 Å². The van der Waals surface area contributed by atoms with Crippen LogP contribution in [-0.4, -0.2) is 19.5 Å². The second kappa shape index (κ2) is 6.09. The molecule has 0 heterocycles. The van der Waals surface area contributed by atoms with E-state index in [1.54, 1.807) is 25.3 Å². The van der Waals surface area contributed by atoms with Crippen molar-refractivity contribution in [2.24, 2.45) is 0 Å². The van der Waals surface area contributed by atoms with Crippen LogP contribution in [0.1, 0.15) is 30.6 Å². The van der Waals surface area contributed by atoms with Crippen molar-refractivity contribution in [2.75, 3.05) is 13.7 Å². The molecule has 0 amide bonds. The van der Waals surface area contributed by atoms with Crippen LogP contribution in [0.4, 0.5) is 0 Å². The van der Waals surface area contributed by atoms with E-state index in [1.165, 1.54) is 6.92 Å². The van der Waals surface area contributed by atoms with Gasteiger partial charge in [-0.3, -0.25) is 4.79 Å². The molecule has 0 radical (unpaired) electrons. The van der Waals surface area contributed by atoms with Gasteiger partial charge in [-0.15, -0.1) is 6.58 Å². The lowest BCUT2D eigenvalue weighted by Crippen LogP contribution is -2.03. The fourth-order valence-corrected chi connectivity index (χ4v) is 1.38. The largest absolute Gasteiger partial charge is 0.497 e. The standard InChI is InChI=1S/C14H18O3/c1-10(2)7-8-17-14-9-12(16-4)5-6-13(14)11(3)15/h5-6,9H,1,7-8H2,2-4H3. The minimum Gasteiger partial charge on any atom is -0.497 e. The second-order valence-electron chi connectivity index (χ2n) is 3.97. The third-order valence-electron chi connectivity index (χ3n) is 2.35. The molecule has 0 atom stereocenters. The minimum absolute atomic E-state index is 0.0158. The van der Waals surface area contributed by atoms with Gasteiger partial charge >= 0.3 is 0 Å². The molecule has 3 nitrogen and oxygen atoms in total. The van der Waals surface area contributed by atoms with Gasteiger partial charge in [0.05, 0.1) is 19.3 Å². The van der Waals surface area contributed by atoms with E-state index in [2.05, 4.69) is 6.58 Å². The van der Waals surface area contributed by atoms with Crippen LogP contribution in [0, 0.1) is 0 Å². The number of carbonyl (C=O) groups excluding carboxylic acids is 1. The Labute approximate surface area is 102 Å². The Balaban J connectivity index is 2.85. The van der Waals surface area contributed by atoms with Crippen LogP contribution in [0.15, 0.2) is 30.4 Å². The lowest BCUT2D eigenvalue weighted by Gasteiger charge is -2.11. The predicted octanol–water partition coefficient (Wildman–Crippen LogP) is 3.24. The van der Waals surface area contributed by atoms with E-state index < -0.39 is 0 Å². The summed E-state index contributed by atoms with van der Waals surface area (Å²) in [5, 5.41) is 0. The molecular weight excluding hydrogens is 216 g/mol. The summed E-state index contributed by atoms with van der Waals surface area (Å²) >= 11 is 0. The van der Waals surface area contributed by atoms with Crippen molar-refractivity contribution in [3.63, 3.8) is 0 Å². The van der Waals surface area contributed by atoms with Crippen LogP contribution < -0.4 is 9.47 Å². The van der Waals surface area contributed by atoms with E-state index in [0.29, 0.717) is 23.7 Å². The highest BCUT2D eigenvalue weighted by Crippen LogP contribution is 2.25. The summed E-state index contributed by atoms with van der Waals surface area (Å²) in [5.41, 5.74) is 1.63. The summed E-state index contributed by atoms with van der Waals surface area (Å²) in [5.74, 6) is 1.23. The lowest BCUT2D eigenvalue weighted by atomic mass is 10.1. The molecule has 0 fully saturated rings. The van der Waals surface area contributed by atoms with E-state index >= 15 is 0 Å². The number of carbonyl (C=O) groups is 1. The zero-order chi connectivity index (χ0) is 12.8. The van der Waals surface area contributed by atoms with E-state index in [1.807, 2.05) is 6.92 Å². The number of ketones is 1. The Morgan fingerprint density at radius 2 is 2.06 bits per heavy atom. The zero-order valence-electron chi connectivity index (χ0n) is 10.6. The van der Waals surface area contributed by atoms with Crippen LogP contribution in [0.2, 0.25) is 0 Å². The Kier molecular flexibility index (Phi) is 4.76. The molecule has 0 aliphatic carbocycles. The van der Waals surface area contributed by atoms with Crippen LogP contribution in [0.3, 0.4) is 0 Å². The summed E-state index contributed by atoms with van der Waals surface area (Å²) in [6, 6.07) is 5.20. The third-order valence-corrected chi connectivity index (χ3v) is 2.35. The molecule has 0 saturated carbocycles. The van der Waals surface area contributed by atoms with Gasteiger partial charge in [0.25, 0.3) is 0 Å². The molecular formula is C14H18O3. The number of ether oxygens (including phenoxy) is 2. The minimum atomic E-state index is -0.0158. The number of hydrogen-bond donors (Lipinski definition) is 0. The van der Waals surface area contributed by atoms with Crippen LogP contribution in [0.5, 0.6) is 11.5 Å². The quantitative estimate of drug-likeness (QED) is 0.560. The second-order valence-corrected chi connectivity index (χ2v) is 3.97. The highest BCUT2D eigenvalue weighted by Gasteiger charge is 2.09. The summed E-state index contributed by atoms with van der Waals surface area (Å²) in [4.78, 5) is 11.4. The molecule has 0 aliphatic heterocycles. The van der Waals surface area contributed by atoms with Crippen molar-refractivity contribution < 1.29 is 14.3 Å². The van der Waals surface area contributed by atoms with Crippen LogP contribution >= 0.6 is 0 Å². The Hall–Kier alpha value is -1.77. The molecule has 1 aromatic carbocycles. The van der Waals surface area contributed by atoms with Gasteiger partial charge in [-0.25, -0.2) is 0 Å². The van der Waals surface area contributed by atoms with Crippen molar-refractivity contribution in [2.45, 2.75) is 20.3 Å². The Morgan fingerprint density at radius 1 is 1.35 bits per heavy atom. The maximum atomic E-state index is 11.4. The van der Waals surface area contributed by atoms with Crippen LogP contribution in [0.25, 0.3) is 0 Å². The molecule has 1 aromatic rings. The topological polar surface area (TPSA) is 35.5 Å². The fourth-order valence-electron chi connectivity index (χ4n) is 1.38. The number of hydrogen-bond acceptors (Lipinski definition) is 3. The lowest BCUT2D eigenvalue weighted by molar-refractivity contribution is 0.101. The SMILES string of the molecule is C=C(C)CCOc1cc(OC)ccc1C(C)=O. The molecule has 0 bridgehead atoms. The first kappa shape index (κ1) is 13.3. The normalized spacial score (nSPS) is 9.82. The van der Waals surface area contributed by atoms with E-state index in [-0.39, 0.29) is 5.78 Å². The smallest absolute Gasteiger partial charge is 0.163 e. The summed E-state index contributed by atoms with van der Waals surface area (Å²) < 4.78 is 10.7.